The van der Waals surface area contributed by atoms with Gasteiger partial charge in [0.2, 0.25) is 5.91 Å². The second kappa shape index (κ2) is 7.61. The van der Waals surface area contributed by atoms with Gasteiger partial charge in [-0.05, 0) is 37.3 Å². The lowest BCUT2D eigenvalue weighted by atomic mass is 10.1. The molecule has 0 unspecified atom stereocenters. The standard InChI is InChI=1S/C16H13ClF3N3O3/c1-9(15(24)22-12-4-2-3-11(17)8-12)21-13-6-5-10(16(18,19)20)7-14(13)23(25)26/h2-9,21H,1H3,(H,22,24)/t9-/m0/s1. The van der Waals surface area contributed by atoms with Crippen molar-refractivity contribution in [2.24, 2.45) is 0 Å². The SMILES string of the molecule is C[C@H](Nc1ccc(C(F)(F)F)cc1[N+](=O)[O-])C(=O)Nc1cccc(Cl)c1. The Bertz CT molecular complexity index is 843. The Morgan fingerprint density at radius 1 is 1.23 bits per heavy atom. The topological polar surface area (TPSA) is 84.3 Å². The highest BCUT2D eigenvalue weighted by atomic mass is 35.5. The number of hydrogen-bond acceptors (Lipinski definition) is 4. The maximum Gasteiger partial charge on any atom is 0.416 e. The van der Waals surface area contributed by atoms with Gasteiger partial charge in [0.05, 0.1) is 10.5 Å². The number of halogens is 4. The van der Waals surface area contributed by atoms with Gasteiger partial charge in [0.25, 0.3) is 5.69 Å². The van der Waals surface area contributed by atoms with E-state index >= 15 is 0 Å². The van der Waals surface area contributed by atoms with Gasteiger partial charge in [0.1, 0.15) is 11.7 Å². The molecule has 2 aromatic carbocycles. The van der Waals surface area contributed by atoms with E-state index < -0.39 is 34.3 Å². The number of anilines is 2. The van der Waals surface area contributed by atoms with Crippen molar-refractivity contribution < 1.29 is 22.9 Å². The molecule has 2 rings (SSSR count). The summed E-state index contributed by atoms with van der Waals surface area (Å²) in [5, 5.41) is 16.6. The number of carbonyl (C=O) groups is 1. The highest BCUT2D eigenvalue weighted by molar-refractivity contribution is 6.30. The lowest BCUT2D eigenvalue weighted by molar-refractivity contribution is -0.384. The van der Waals surface area contributed by atoms with Crippen LogP contribution in [0.1, 0.15) is 12.5 Å². The minimum absolute atomic E-state index is 0.197. The zero-order chi connectivity index (χ0) is 19.5. The average molecular weight is 388 g/mol. The van der Waals surface area contributed by atoms with Crippen molar-refractivity contribution in [2.75, 3.05) is 10.6 Å². The van der Waals surface area contributed by atoms with Crippen molar-refractivity contribution >= 4 is 34.6 Å². The number of carbonyl (C=O) groups excluding carboxylic acids is 1. The molecule has 10 heteroatoms. The summed E-state index contributed by atoms with van der Waals surface area (Å²) >= 11 is 5.81. The minimum Gasteiger partial charge on any atom is -0.368 e. The Labute approximate surface area is 151 Å². The van der Waals surface area contributed by atoms with Gasteiger partial charge in [-0.25, -0.2) is 0 Å². The molecular weight excluding hydrogens is 375 g/mol. The molecule has 26 heavy (non-hydrogen) atoms. The summed E-state index contributed by atoms with van der Waals surface area (Å²) in [5.41, 5.74) is -1.71. The van der Waals surface area contributed by atoms with E-state index in [4.69, 9.17) is 11.6 Å². The van der Waals surface area contributed by atoms with E-state index in [1.807, 2.05) is 0 Å². The predicted octanol–water partition coefficient (Wildman–Crippen LogP) is 4.71. The molecule has 2 N–H and O–H groups in total. The van der Waals surface area contributed by atoms with Crippen molar-refractivity contribution in [3.63, 3.8) is 0 Å². The van der Waals surface area contributed by atoms with Crippen LogP contribution in [0.4, 0.5) is 30.2 Å². The number of rotatable bonds is 5. The molecule has 0 fully saturated rings. The number of nitro benzene ring substituents is 1. The summed E-state index contributed by atoms with van der Waals surface area (Å²) in [5.74, 6) is -0.540. The lowest BCUT2D eigenvalue weighted by Crippen LogP contribution is -2.32. The van der Waals surface area contributed by atoms with Gasteiger partial charge in [-0.2, -0.15) is 13.2 Å². The van der Waals surface area contributed by atoms with Crippen molar-refractivity contribution in [1.29, 1.82) is 0 Å². The molecule has 138 valence electrons. The van der Waals surface area contributed by atoms with Crippen molar-refractivity contribution in [1.82, 2.24) is 0 Å². The summed E-state index contributed by atoms with van der Waals surface area (Å²) in [6, 6.07) is 7.43. The molecule has 0 spiro atoms. The molecule has 0 bridgehead atoms. The van der Waals surface area contributed by atoms with E-state index in [0.29, 0.717) is 22.8 Å². The maximum atomic E-state index is 12.7. The van der Waals surface area contributed by atoms with E-state index in [-0.39, 0.29) is 5.69 Å². The molecular formula is C16H13ClF3N3O3. The van der Waals surface area contributed by atoms with E-state index in [1.54, 1.807) is 18.2 Å². The first kappa shape index (κ1) is 19.5. The van der Waals surface area contributed by atoms with E-state index in [0.717, 1.165) is 6.07 Å². The van der Waals surface area contributed by atoms with Gasteiger partial charge in [0, 0.05) is 16.8 Å². The van der Waals surface area contributed by atoms with Crippen LogP contribution in [0.2, 0.25) is 5.02 Å². The second-order valence-electron chi connectivity index (χ2n) is 5.35. The van der Waals surface area contributed by atoms with Crippen LogP contribution in [-0.4, -0.2) is 16.9 Å². The number of alkyl halides is 3. The molecule has 0 radical (unpaired) electrons. The Kier molecular flexibility index (Phi) is 5.71. The number of nitrogens with zero attached hydrogens (tertiary/aromatic N) is 1. The number of amides is 1. The lowest BCUT2D eigenvalue weighted by Gasteiger charge is -2.16. The largest absolute Gasteiger partial charge is 0.416 e. The maximum absolute atomic E-state index is 12.7. The molecule has 6 nitrogen and oxygen atoms in total. The Morgan fingerprint density at radius 2 is 1.92 bits per heavy atom. The van der Waals surface area contributed by atoms with Crippen LogP contribution in [0.5, 0.6) is 0 Å². The van der Waals surface area contributed by atoms with Gasteiger partial charge >= 0.3 is 6.18 Å². The van der Waals surface area contributed by atoms with Gasteiger partial charge in [0.15, 0.2) is 0 Å². The molecule has 0 saturated carbocycles. The third kappa shape index (κ3) is 4.85. The van der Waals surface area contributed by atoms with Crippen LogP contribution in [0, 0.1) is 10.1 Å². The molecule has 0 aliphatic rings. The normalized spacial score (nSPS) is 12.3. The summed E-state index contributed by atoms with van der Waals surface area (Å²) in [6.45, 7) is 1.42. The van der Waals surface area contributed by atoms with Crippen LogP contribution >= 0.6 is 11.6 Å². The fraction of sp³-hybridized carbons (Fsp3) is 0.188. The van der Waals surface area contributed by atoms with Gasteiger partial charge in [-0.1, -0.05) is 17.7 Å². The predicted molar refractivity (Wildman–Crippen MR) is 91.3 cm³/mol. The molecule has 0 aliphatic heterocycles. The van der Waals surface area contributed by atoms with Crippen LogP contribution in [0.3, 0.4) is 0 Å². The Hall–Kier alpha value is -2.81. The molecule has 0 aliphatic carbocycles. The zero-order valence-electron chi connectivity index (χ0n) is 13.3. The minimum atomic E-state index is -4.71. The molecule has 0 aromatic heterocycles. The highest BCUT2D eigenvalue weighted by Crippen LogP contribution is 2.35. The fourth-order valence-corrected chi connectivity index (χ4v) is 2.29. The molecule has 0 saturated heterocycles. The number of nitrogens with one attached hydrogen (secondary N) is 2. The first-order valence-electron chi connectivity index (χ1n) is 7.26. The van der Waals surface area contributed by atoms with Gasteiger partial charge in [-0.3, -0.25) is 14.9 Å². The third-order valence-electron chi connectivity index (χ3n) is 3.38. The van der Waals surface area contributed by atoms with Gasteiger partial charge < -0.3 is 10.6 Å². The van der Waals surface area contributed by atoms with Crippen molar-refractivity contribution in [3.05, 3.63) is 63.2 Å². The second-order valence-corrected chi connectivity index (χ2v) is 5.79. The fourth-order valence-electron chi connectivity index (χ4n) is 2.10. The summed E-state index contributed by atoms with van der Waals surface area (Å²) in [7, 11) is 0. The van der Waals surface area contributed by atoms with Crippen LogP contribution in [0.25, 0.3) is 0 Å². The summed E-state index contributed by atoms with van der Waals surface area (Å²) < 4.78 is 38.1. The Morgan fingerprint density at radius 3 is 2.50 bits per heavy atom. The van der Waals surface area contributed by atoms with Crippen LogP contribution < -0.4 is 10.6 Å². The van der Waals surface area contributed by atoms with E-state index in [1.165, 1.54) is 13.0 Å². The quantitative estimate of drug-likeness (QED) is 0.575. The number of nitro groups is 1. The molecule has 1 amide bonds. The number of benzene rings is 2. The van der Waals surface area contributed by atoms with Gasteiger partial charge in [-0.15, -0.1) is 0 Å². The van der Waals surface area contributed by atoms with E-state index in [2.05, 4.69) is 10.6 Å². The first-order valence-corrected chi connectivity index (χ1v) is 7.64. The van der Waals surface area contributed by atoms with Crippen LogP contribution in [0.15, 0.2) is 42.5 Å². The van der Waals surface area contributed by atoms with Crippen molar-refractivity contribution in [3.8, 4) is 0 Å². The first-order chi connectivity index (χ1) is 12.1. The third-order valence-corrected chi connectivity index (χ3v) is 3.61. The summed E-state index contributed by atoms with van der Waals surface area (Å²) in [4.78, 5) is 22.3. The smallest absolute Gasteiger partial charge is 0.368 e. The van der Waals surface area contributed by atoms with E-state index in [9.17, 15) is 28.1 Å². The monoisotopic (exact) mass is 387 g/mol. The summed E-state index contributed by atoms with van der Waals surface area (Å²) in [6.07, 6.45) is -4.71. The highest BCUT2D eigenvalue weighted by Gasteiger charge is 2.33. The Balaban J connectivity index is 2.18. The molecule has 0 heterocycles. The van der Waals surface area contributed by atoms with Crippen molar-refractivity contribution in [2.45, 2.75) is 19.1 Å². The number of hydrogen-bond donors (Lipinski definition) is 2. The zero-order valence-corrected chi connectivity index (χ0v) is 14.1. The van der Waals surface area contributed by atoms with Crippen LogP contribution in [-0.2, 0) is 11.0 Å². The molecule has 1 atom stereocenters. The molecule has 2 aromatic rings. The average Bonchev–Trinajstić information content (AvgIpc) is 2.53.